The van der Waals surface area contributed by atoms with E-state index in [9.17, 15) is 9.18 Å². The van der Waals surface area contributed by atoms with Gasteiger partial charge in [0.15, 0.2) is 0 Å². The van der Waals surface area contributed by atoms with E-state index in [4.69, 9.17) is 0 Å². The number of pyridine rings is 1. The fourth-order valence-corrected chi connectivity index (χ4v) is 3.43. The Balaban J connectivity index is 1.72. The van der Waals surface area contributed by atoms with Crippen LogP contribution in [0, 0.1) is 5.82 Å². The molecule has 0 saturated carbocycles. The highest BCUT2D eigenvalue weighted by atomic mass is 19.1. The Labute approximate surface area is 141 Å². The highest BCUT2D eigenvalue weighted by Crippen LogP contribution is 2.32. The number of carbonyl (C=O) groups is 1. The van der Waals surface area contributed by atoms with Gasteiger partial charge in [-0.3, -0.25) is 4.98 Å². The first-order valence-corrected chi connectivity index (χ1v) is 8.31. The summed E-state index contributed by atoms with van der Waals surface area (Å²) >= 11 is 0. The molecule has 1 N–H and O–H groups in total. The number of halogens is 1. The second-order valence-electron chi connectivity index (χ2n) is 6.20. The zero-order chi connectivity index (χ0) is 17.1. The van der Waals surface area contributed by atoms with Crippen LogP contribution in [0.25, 0.3) is 0 Å². The van der Waals surface area contributed by atoms with Gasteiger partial charge in [-0.05, 0) is 60.2 Å². The van der Waals surface area contributed by atoms with Crippen LogP contribution in [0.2, 0.25) is 0 Å². The Bertz CT molecular complexity index is 720. The summed E-state index contributed by atoms with van der Waals surface area (Å²) in [6.45, 7) is 2.05. The molecule has 1 aromatic heterocycles. The van der Waals surface area contributed by atoms with Crippen molar-refractivity contribution in [3.05, 3.63) is 65.2 Å². The van der Waals surface area contributed by atoms with Crippen molar-refractivity contribution in [1.82, 2.24) is 15.2 Å². The quantitative estimate of drug-likeness (QED) is 0.922. The topological polar surface area (TPSA) is 45.2 Å². The average molecular weight is 327 g/mol. The summed E-state index contributed by atoms with van der Waals surface area (Å²) in [5.74, 6) is -0.258. The van der Waals surface area contributed by atoms with E-state index in [0.717, 1.165) is 36.0 Å². The van der Waals surface area contributed by atoms with E-state index in [0.29, 0.717) is 0 Å². The molecule has 0 unspecified atom stereocenters. The number of aryl methyl sites for hydroxylation is 1. The van der Waals surface area contributed by atoms with Gasteiger partial charge in [0.2, 0.25) is 0 Å². The van der Waals surface area contributed by atoms with E-state index in [1.807, 2.05) is 18.2 Å². The zero-order valence-electron chi connectivity index (χ0n) is 14.0. The van der Waals surface area contributed by atoms with Crippen molar-refractivity contribution in [2.24, 2.45) is 0 Å². The summed E-state index contributed by atoms with van der Waals surface area (Å²) in [5, 5.41) is 3.05. The molecule has 0 spiro atoms. The van der Waals surface area contributed by atoms with Crippen LogP contribution in [0.5, 0.6) is 0 Å². The lowest BCUT2D eigenvalue weighted by molar-refractivity contribution is 0.184. The lowest BCUT2D eigenvalue weighted by Crippen LogP contribution is -2.40. The Morgan fingerprint density at radius 3 is 2.83 bits per heavy atom. The molecule has 0 bridgehead atoms. The second kappa shape index (κ2) is 6.99. The molecule has 5 heteroatoms. The Kier molecular flexibility index (Phi) is 4.79. The third-order valence-corrected chi connectivity index (χ3v) is 4.75. The Morgan fingerprint density at radius 2 is 2.12 bits per heavy atom. The highest BCUT2D eigenvalue weighted by molar-refractivity contribution is 5.75. The molecule has 0 fully saturated rings. The fraction of sp³-hybridized carbons (Fsp3) is 0.368. The van der Waals surface area contributed by atoms with E-state index >= 15 is 0 Å². The largest absolute Gasteiger partial charge is 0.331 e. The van der Waals surface area contributed by atoms with Gasteiger partial charge in [0.05, 0.1) is 12.1 Å². The predicted octanol–water partition coefficient (Wildman–Crippen LogP) is 4.00. The molecule has 2 atom stereocenters. The van der Waals surface area contributed by atoms with Gasteiger partial charge in [-0.15, -0.1) is 0 Å². The van der Waals surface area contributed by atoms with Crippen molar-refractivity contribution in [1.29, 1.82) is 0 Å². The standard InChI is InChI=1S/C19H22FN3O/c1-3-18(14-8-10-21-11-9-14)23(2)19(24)22-17-7-5-13-4-6-15(20)12-16(13)17/h4,6,8-12,17-18H,3,5,7H2,1-2H3,(H,22,24)/t17-,18+/m1/s1. The highest BCUT2D eigenvalue weighted by Gasteiger charge is 2.27. The predicted molar refractivity (Wildman–Crippen MR) is 91.0 cm³/mol. The number of benzene rings is 1. The van der Waals surface area contributed by atoms with E-state index < -0.39 is 0 Å². The van der Waals surface area contributed by atoms with Gasteiger partial charge in [0.25, 0.3) is 0 Å². The maximum absolute atomic E-state index is 13.5. The van der Waals surface area contributed by atoms with E-state index in [2.05, 4.69) is 17.2 Å². The molecule has 24 heavy (non-hydrogen) atoms. The lowest BCUT2D eigenvalue weighted by Gasteiger charge is -2.29. The number of rotatable bonds is 4. The van der Waals surface area contributed by atoms with Crippen LogP contribution in [0.15, 0.2) is 42.7 Å². The van der Waals surface area contributed by atoms with Crippen LogP contribution < -0.4 is 5.32 Å². The molecule has 1 heterocycles. The normalized spacial score (nSPS) is 17.2. The molecule has 0 radical (unpaired) electrons. The van der Waals surface area contributed by atoms with Gasteiger partial charge in [-0.2, -0.15) is 0 Å². The van der Waals surface area contributed by atoms with Crippen molar-refractivity contribution in [3.63, 3.8) is 0 Å². The molecule has 2 amide bonds. The number of aromatic nitrogens is 1. The number of fused-ring (bicyclic) bond motifs is 1. The maximum atomic E-state index is 13.5. The molecule has 2 aromatic rings. The number of hydrogen-bond donors (Lipinski definition) is 1. The van der Waals surface area contributed by atoms with Gasteiger partial charge < -0.3 is 10.2 Å². The van der Waals surface area contributed by atoms with Gasteiger partial charge in [-0.25, -0.2) is 9.18 Å². The fourth-order valence-electron chi connectivity index (χ4n) is 3.43. The summed E-state index contributed by atoms with van der Waals surface area (Å²) in [7, 11) is 1.80. The van der Waals surface area contributed by atoms with Gasteiger partial charge in [-0.1, -0.05) is 13.0 Å². The number of hydrogen-bond acceptors (Lipinski definition) is 2. The number of nitrogens with zero attached hydrogens (tertiary/aromatic N) is 2. The SMILES string of the molecule is CC[C@@H](c1ccncc1)N(C)C(=O)N[C@@H]1CCc2ccc(F)cc21. The summed E-state index contributed by atoms with van der Waals surface area (Å²) < 4.78 is 13.5. The van der Waals surface area contributed by atoms with Crippen molar-refractivity contribution in [2.75, 3.05) is 7.05 Å². The minimum Gasteiger partial charge on any atom is -0.331 e. The Hall–Kier alpha value is -2.43. The first-order chi connectivity index (χ1) is 11.6. The van der Waals surface area contributed by atoms with Crippen LogP contribution in [0.1, 0.15) is 48.5 Å². The lowest BCUT2D eigenvalue weighted by atomic mass is 10.0. The van der Waals surface area contributed by atoms with Crippen molar-refractivity contribution < 1.29 is 9.18 Å². The zero-order valence-corrected chi connectivity index (χ0v) is 14.0. The third-order valence-electron chi connectivity index (χ3n) is 4.75. The van der Waals surface area contributed by atoms with Crippen molar-refractivity contribution >= 4 is 6.03 Å². The molecule has 0 aliphatic heterocycles. The van der Waals surface area contributed by atoms with E-state index in [1.54, 1.807) is 24.3 Å². The molecule has 126 valence electrons. The number of urea groups is 1. The molecular weight excluding hydrogens is 305 g/mol. The second-order valence-corrected chi connectivity index (χ2v) is 6.20. The van der Waals surface area contributed by atoms with Crippen LogP contribution in [-0.4, -0.2) is 23.0 Å². The summed E-state index contributed by atoms with van der Waals surface area (Å²) in [6.07, 6.45) is 5.96. The minimum absolute atomic E-state index is 0.0126. The molecule has 3 rings (SSSR count). The van der Waals surface area contributed by atoms with Crippen molar-refractivity contribution in [3.8, 4) is 0 Å². The molecule has 1 aliphatic rings. The molecule has 0 saturated heterocycles. The number of carbonyl (C=O) groups excluding carboxylic acids is 1. The molecule has 1 aliphatic carbocycles. The number of nitrogens with one attached hydrogen (secondary N) is 1. The smallest absolute Gasteiger partial charge is 0.318 e. The van der Waals surface area contributed by atoms with E-state index in [1.165, 1.54) is 12.1 Å². The average Bonchev–Trinajstić information content (AvgIpc) is 2.98. The Morgan fingerprint density at radius 1 is 1.38 bits per heavy atom. The first-order valence-electron chi connectivity index (χ1n) is 8.31. The summed E-state index contributed by atoms with van der Waals surface area (Å²) in [6, 6.07) is 8.41. The third kappa shape index (κ3) is 3.25. The van der Waals surface area contributed by atoms with Crippen LogP contribution in [0.4, 0.5) is 9.18 Å². The summed E-state index contributed by atoms with van der Waals surface area (Å²) in [4.78, 5) is 18.4. The van der Waals surface area contributed by atoms with Gasteiger partial charge >= 0.3 is 6.03 Å². The van der Waals surface area contributed by atoms with Crippen LogP contribution in [-0.2, 0) is 6.42 Å². The van der Waals surface area contributed by atoms with Gasteiger partial charge in [0.1, 0.15) is 5.82 Å². The molecule has 1 aromatic carbocycles. The van der Waals surface area contributed by atoms with Gasteiger partial charge in [0, 0.05) is 19.4 Å². The minimum atomic E-state index is -0.258. The summed E-state index contributed by atoms with van der Waals surface area (Å²) in [5.41, 5.74) is 3.07. The maximum Gasteiger partial charge on any atom is 0.318 e. The number of amides is 2. The van der Waals surface area contributed by atoms with Crippen LogP contribution in [0.3, 0.4) is 0 Å². The van der Waals surface area contributed by atoms with Crippen LogP contribution >= 0.6 is 0 Å². The first kappa shape index (κ1) is 16.4. The van der Waals surface area contributed by atoms with E-state index in [-0.39, 0.29) is 23.9 Å². The molecule has 4 nitrogen and oxygen atoms in total. The molecular formula is C19H22FN3O. The van der Waals surface area contributed by atoms with Crippen molar-refractivity contribution in [2.45, 2.75) is 38.3 Å². The monoisotopic (exact) mass is 327 g/mol.